The number of nitrogens with zero attached hydrogens (tertiary/aromatic N) is 7. The van der Waals surface area contributed by atoms with Crippen molar-refractivity contribution in [1.29, 1.82) is 5.26 Å². The number of anilines is 2. The van der Waals surface area contributed by atoms with Gasteiger partial charge in [0, 0.05) is 62.0 Å². The number of benzene rings is 2. The number of likely N-dealkylation sites (N-methyl/N-ethyl adjacent to an activating group) is 1. The zero-order valence-corrected chi connectivity index (χ0v) is 26.7. The fourth-order valence-electron chi connectivity index (χ4n) is 6.78. The lowest BCUT2D eigenvalue weighted by Gasteiger charge is -2.42. The van der Waals surface area contributed by atoms with E-state index in [-0.39, 0.29) is 18.4 Å². The minimum Gasteiger partial charge on any atom is -0.462 e. The van der Waals surface area contributed by atoms with Crippen molar-refractivity contribution in [2.45, 2.75) is 44.3 Å². The summed E-state index contributed by atoms with van der Waals surface area (Å²) in [7, 11) is 3.73. The van der Waals surface area contributed by atoms with Crippen LogP contribution in [0.5, 0.6) is 6.01 Å². The molecule has 10 nitrogen and oxygen atoms in total. The van der Waals surface area contributed by atoms with Crippen molar-refractivity contribution in [3.8, 4) is 12.1 Å². The van der Waals surface area contributed by atoms with Gasteiger partial charge in [-0.15, -0.1) is 0 Å². The molecule has 2 fully saturated rings. The Morgan fingerprint density at radius 2 is 1.96 bits per heavy atom. The molecule has 0 radical (unpaired) electrons. The Morgan fingerprint density at radius 1 is 1.11 bits per heavy atom. The maximum atomic E-state index is 13.0. The van der Waals surface area contributed by atoms with E-state index in [2.05, 4.69) is 52.1 Å². The van der Waals surface area contributed by atoms with Gasteiger partial charge in [-0.2, -0.15) is 15.2 Å². The van der Waals surface area contributed by atoms with Gasteiger partial charge in [0.05, 0.1) is 42.4 Å². The average molecular weight is 630 g/mol. The predicted molar refractivity (Wildman–Crippen MR) is 176 cm³/mol. The number of rotatable bonds is 9. The van der Waals surface area contributed by atoms with Crippen LogP contribution >= 0.6 is 11.6 Å². The molecular formula is C34H40ClN7O3. The van der Waals surface area contributed by atoms with Crippen LogP contribution in [0.3, 0.4) is 0 Å². The number of ether oxygens (including phenoxy) is 2. The van der Waals surface area contributed by atoms with Crippen LogP contribution in [0.2, 0.25) is 5.02 Å². The van der Waals surface area contributed by atoms with E-state index in [0.29, 0.717) is 51.4 Å². The molecule has 1 aromatic heterocycles. The lowest BCUT2D eigenvalue weighted by atomic mass is 10.0. The van der Waals surface area contributed by atoms with Gasteiger partial charge in [-0.05, 0) is 50.4 Å². The topological polar surface area (TPSA) is 98.1 Å². The highest BCUT2D eigenvalue weighted by Gasteiger charge is 2.34. The molecule has 0 N–H and O–H groups in total. The molecule has 0 aliphatic carbocycles. The molecular weight excluding hydrogens is 590 g/mol. The van der Waals surface area contributed by atoms with E-state index in [1.165, 1.54) is 6.08 Å². The molecule has 4 heterocycles. The van der Waals surface area contributed by atoms with Gasteiger partial charge in [-0.1, -0.05) is 41.9 Å². The second-order valence-electron chi connectivity index (χ2n) is 12.0. The fraction of sp³-hybridized carbons (Fsp3) is 0.471. The Kier molecular flexibility index (Phi) is 9.69. The van der Waals surface area contributed by atoms with Crippen LogP contribution in [0.25, 0.3) is 10.8 Å². The molecule has 45 heavy (non-hydrogen) atoms. The zero-order valence-electron chi connectivity index (χ0n) is 26.0. The van der Waals surface area contributed by atoms with E-state index >= 15 is 0 Å². The molecule has 3 aliphatic heterocycles. The Labute approximate surface area is 269 Å². The van der Waals surface area contributed by atoms with Gasteiger partial charge in [0.15, 0.2) is 0 Å². The third-order valence-electron chi connectivity index (χ3n) is 9.19. The lowest BCUT2D eigenvalue weighted by molar-refractivity contribution is -0.128. The molecule has 2 unspecified atom stereocenters. The van der Waals surface area contributed by atoms with Crippen molar-refractivity contribution in [3.05, 3.63) is 64.8 Å². The second-order valence-corrected chi connectivity index (χ2v) is 12.4. The number of nitriles is 1. The minimum absolute atomic E-state index is 0.106. The van der Waals surface area contributed by atoms with Crippen molar-refractivity contribution >= 4 is 39.8 Å². The standard InChI is InChI=1S/C34H40ClN7O3/c1-39-16-5-9-26(39)23-45-34-37-29-22-40(30-11-4-8-24-7-3-10-28(35)32(24)30)17-14-27(29)33(38-34)41-18-19-42(25(21-41)13-15-36)31(43)12-6-20-44-2/h3-4,6-8,10-12,25-26H,5,9,13-14,16-23H2,1-2H3/b12-6+. The van der Waals surface area contributed by atoms with E-state index in [1.54, 1.807) is 18.1 Å². The molecule has 3 aliphatic rings. The maximum absolute atomic E-state index is 13.0. The van der Waals surface area contributed by atoms with Crippen LogP contribution < -0.4 is 14.5 Å². The van der Waals surface area contributed by atoms with E-state index < -0.39 is 0 Å². The van der Waals surface area contributed by atoms with E-state index in [0.717, 1.165) is 70.9 Å². The summed E-state index contributed by atoms with van der Waals surface area (Å²) in [5, 5.41) is 12.5. The number of carbonyl (C=O) groups is 1. The molecule has 0 saturated carbocycles. The summed E-state index contributed by atoms with van der Waals surface area (Å²) in [4.78, 5) is 31.7. The summed E-state index contributed by atoms with van der Waals surface area (Å²) < 4.78 is 11.4. The first-order valence-corrected chi connectivity index (χ1v) is 16.1. The maximum Gasteiger partial charge on any atom is 0.318 e. The van der Waals surface area contributed by atoms with Crippen molar-refractivity contribution < 1.29 is 14.3 Å². The van der Waals surface area contributed by atoms with E-state index in [9.17, 15) is 10.1 Å². The zero-order chi connectivity index (χ0) is 31.3. The fourth-order valence-corrected chi connectivity index (χ4v) is 7.06. The van der Waals surface area contributed by atoms with Crippen LogP contribution in [0.15, 0.2) is 48.6 Å². The van der Waals surface area contributed by atoms with Crippen molar-refractivity contribution in [2.24, 2.45) is 0 Å². The summed E-state index contributed by atoms with van der Waals surface area (Å²) >= 11 is 6.71. The van der Waals surface area contributed by atoms with Crippen molar-refractivity contribution in [1.82, 2.24) is 19.8 Å². The first-order valence-electron chi connectivity index (χ1n) is 15.7. The summed E-state index contributed by atoms with van der Waals surface area (Å²) in [5.41, 5.74) is 3.11. The Balaban J connectivity index is 1.31. The molecule has 0 bridgehead atoms. The van der Waals surface area contributed by atoms with Gasteiger partial charge in [0.2, 0.25) is 5.91 Å². The smallest absolute Gasteiger partial charge is 0.318 e. The molecule has 0 spiro atoms. The normalized spacial score (nSPS) is 20.5. The summed E-state index contributed by atoms with van der Waals surface area (Å²) in [5.74, 6) is 0.737. The molecule has 1 amide bonds. The number of piperazine rings is 1. The van der Waals surface area contributed by atoms with Crippen LogP contribution in [-0.2, 0) is 22.5 Å². The number of aromatic nitrogens is 2. The van der Waals surface area contributed by atoms with Gasteiger partial charge < -0.3 is 29.1 Å². The summed E-state index contributed by atoms with van der Waals surface area (Å²) in [6, 6.07) is 15.0. The quantitative estimate of drug-likeness (QED) is 0.318. The number of hydrogen-bond acceptors (Lipinski definition) is 9. The number of likely N-dealkylation sites (tertiary alicyclic amines) is 1. The Bertz CT molecular complexity index is 1600. The van der Waals surface area contributed by atoms with Crippen LogP contribution in [0, 0.1) is 11.3 Å². The minimum atomic E-state index is -0.261. The Morgan fingerprint density at radius 3 is 2.73 bits per heavy atom. The largest absolute Gasteiger partial charge is 0.462 e. The number of methoxy groups -OCH3 is 1. The summed E-state index contributed by atoms with van der Waals surface area (Å²) in [6.45, 7) is 4.94. The first kappa shape index (κ1) is 31.1. The SMILES string of the molecule is COC/C=C/C(=O)N1CCN(c2nc(OCC3CCCN3C)nc3c2CCN(c2cccc4cccc(Cl)c24)C3)CC1CC#N. The monoisotopic (exact) mass is 629 g/mol. The third kappa shape index (κ3) is 6.71. The summed E-state index contributed by atoms with van der Waals surface area (Å²) in [6.07, 6.45) is 6.48. The number of hydrogen-bond donors (Lipinski definition) is 0. The highest BCUT2D eigenvalue weighted by Crippen LogP contribution is 2.37. The van der Waals surface area contributed by atoms with Gasteiger partial charge in [0.25, 0.3) is 0 Å². The highest BCUT2D eigenvalue weighted by atomic mass is 35.5. The first-order chi connectivity index (χ1) is 22.0. The van der Waals surface area contributed by atoms with Crippen molar-refractivity contribution in [3.63, 3.8) is 0 Å². The molecule has 2 saturated heterocycles. The predicted octanol–water partition coefficient (Wildman–Crippen LogP) is 4.45. The van der Waals surface area contributed by atoms with Crippen LogP contribution in [0.1, 0.15) is 30.5 Å². The van der Waals surface area contributed by atoms with Gasteiger partial charge in [-0.25, -0.2) is 0 Å². The highest BCUT2D eigenvalue weighted by molar-refractivity contribution is 6.36. The average Bonchev–Trinajstić information content (AvgIpc) is 3.47. The van der Waals surface area contributed by atoms with Gasteiger partial charge in [0.1, 0.15) is 12.4 Å². The van der Waals surface area contributed by atoms with E-state index in [1.807, 2.05) is 12.1 Å². The number of amides is 1. The lowest BCUT2D eigenvalue weighted by Crippen LogP contribution is -2.55. The molecule has 2 aromatic carbocycles. The molecule has 11 heteroatoms. The van der Waals surface area contributed by atoms with Gasteiger partial charge >= 0.3 is 6.01 Å². The number of halogens is 1. The number of carbonyl (C=O) groups excluding carboxylic acids is 1. The molecule has 6 rings (SSSR count). The van der Waals surface area contributed by atoms with E-state index in [4.69, 9.17) is 31.0 Å². The Hall–Kier alpha value is -3.91. The van der Waals surface area contributed by atoms with Crippen LogP contribution in [-0.4, -0.2) is 97.9 Å². The van der Waals surface area contributed by atoms with Crippen LogP contribution in [0.4, 0.5) is 11.5 Å². The second kappa shape index (κ2) is 14.0. The molecule has 236 valence electrons. The van der Waals surface area contributed by atoms with Gasteiger partial charge in [-0.3, -0.25) is 4.79 Å². The number of fused-ring (bicyclic) bond motifs is 2. The van der Waals surface area contributed by atoms with Crippen molar-refractivity contribution in [2.75, 3.05) is 69.9 Å². The molecule has 2 atom stereocenters. The molecule has 3 aromatic rings. The third-order valence-corrected chi connectivity index (χ3v) is 9.50.